The number of nitrogens with zero attached hydrogens (tertiary/aromatic N) is 1. The fourth-order valence-corrected chi connectivity index (χ4v) is 3.60. The van der Waals surface area contributed by atoms with Gasteiger partial charge in [-0.05, 0) is 64.1 Å². The lowest BCUT2D eigenvalue weighted by molar-refractivity contribution is -0.122. The number of thiocarbonyl (C=S) groups is 1. The number of nitrogens with one attached hydrogen (secondary N) is 1. The molecule has 1 fully saturated rings. The number of amides is 2. The topological polar surface area (TPSA) is 67.9 Å². The predicted octanol–water partition coefficient (Wildman–Crippen LogP) is 3.85. The van der Waals surface area contributed by atoms with Crippen molar-refractivity contribution in [3.05, 3.63) is 70.7 Å². The van der Waals surface area contributed by atoms with Gasteiger partial charge in [0.15, 0.2) is 16.6 Å². The summed E-state index contributed by atoms with van der Waals surface area (Å²) in [7, 11) is 1.51. The number of hydrogen-bond donors (Lipinski definition) is 1. The van der Waals surface area contributed by atoms with E-state index >= 15 is 0 Å². The van der Waals surface area contributed by atoms with Gasteiger partial charge in [-0.25, -0.2) is 0 Å². The maximum Gasteiger partial charge on any atom is 0.270 e. The lowest BCUT2D eigenvalue weighted by Crippen LogP contribution is -2.54. The van der Waals surface area contributed by atoms with Crippen molar-refractivity contribution in [1.29, 1.82) is 0 Å². The second kappa shape index (κ2) is 9.02. The molecule has 29 heavy (non-hydrogen) atoms. The molecule has 2 aromatic carbocycles. The van der Waals surface area contributed by atoms with Gasteiger partial charge in [0.25, 0.3) is 11.8 Å². The average Bonchev–Trinajstić information content (AvgIpc) is 2.70. The van der Waals surface area contributed by atoms with Gasteiger partial charge in [-0.15, -0.1) is 0 Å². The lowest BCUT2D eigenvalue weighted by Gasteiger charge is -2.28. The molecular weight excluding hydrogens is 456 g/mol. The zero-order chi connectivity index (χ0) is 21.0. The molecule has 0 aliphatic carbocycles. The van der Waals surface area contributed by atoms with Crippen LogP contribution in [0.1, 0.15) is 5.56 Å². The number of anilines is 1. The van der Waals surface area contributed by atoms with Crippen LogP contribution in [-0.2, 0) is 9.59 Å². The standard InChI is InChI=1S/C21H17BrN2O4S/c1-3-9-28-18-16(22)11-13(12-17(18)27-2)10-15-19(25)23-21(29)24(20(15)26)14-7-5-4-6-8-14/h3-8,10-12H,1,9H2,2H3,(H,23,25,29). The van der Waals surface area contributed by atoms with Crippen molar-refractivity contribution in [3.63, 3.8) is 0 Å². The Morgan fingerprint density at radius 3 is 2.62 bits per heavy atom. The SMILES string of the molecule is C=CCOc1c(Br)cc(C=C2C(=O)NC(=S)N(c3ccccc3)C2=O)cc1OC. The first-order chi connectivity index (χ1) is 14.0. The molecule has 0 saturated carbocycles. The van der Waals surface area contributed by atoms with E-state index in [0.29, 0.717) is 33.8 Å². The number of hydrogen-bond acceptors (Lipinski definition) is 5. The highest BCUT2D eigenvalue weighted by Gasteiger charge is 2.34. The number of carbonyl (C=O) groups is 2. The van der Waals surface area contributed by atoms with Crippen LogP contribution in [0.2, 0.25) is 0 Å². The van der Waals surface area contributed by atoms with Crippen molar-refractivity contribution in [2.75, 3.05) is 18.6 Å². The van der Waals surface area contributed by atoms with Crippen molar-refractivity contribution in [1.82, 2.24) is 5.32 Å². The molecule has 0 unspecified atom stereocenters. The molecule has 0 atom stereocenters. The van der Waals surface area contributed by atoms with Crippen molar-refractivity contribution in [2.45, 2.75) is 0 Å². The molecule has 2 aromatic rings. The summed E-state index contributed by atoms with van der Waals surface area (Å²) in [6.07, 6.45) is 3.10. The second-order valence-electron chi connectivity index (χ2n) is 5.93. The number of ether oxygens (including phenoxy) is 2. The first kappa shape index (κ1) is 20.8. The minimum absolute atomic E-state index is 0.0373. The van der Waals surface area contributed by atoms with Gasteiger partial charge in [-0.3, -0.25) is 19.8 Å². The van der Waals surface area contributed by atoms with Crippen LogP contribution >= 0.6 is 28.1 Å². The molecule has 1 saturated heterocycles. The fraction of sp³-hybridized carbons (Fsp3) is 0.0952. The Morgan fingerprint density at radius 2 is 1.97 bits per heavy atom. The molecule has 0 spiro atoms. The van der Waals surface area contributed by atoms with Crippen LogP contribution in [0.15, 0.2) is 65.2 Å². The largest absolute Gasteiger partial charge is 0.493 e. The van der Waals surface area contributed by atoms with Gasteiger partial charge < -0.3 is 9.47 Å². The van der Waals surface area contributed by atoms with E-state index in [1.165, 1.54) is 18.1 Å². The van der Waals surface area contributed by atoms with Crippen LogP contribution in [0.3, 0.4) is 0 Å². The van der Waals surface area contributed by atoms with E-state index in [1.54, 1.807) is 42.5 Å². The second-order valence-corrected chi connectivity index (χ2v) is 7.17. The summed E-state index contributed by atoms with van der Waals surface area (Å²) in [5, 5.41) is 2.60. The minimum Gasteiger partial charge on any atom is -0.493 e. The van der Waals surface area contributed by atoms with Gasteiger partial charge in [0.05, 0.1) is 17.3 Å². The molecule has 1 aliphatic heterocycles. The third kappa shape index (κ3) is 4.38. The van der Waals surface area contributed by atoms with Crippen molar-refractivity contribution >= 4 is 56.8 Å². The van der Waals surface area contributed by atoms with Crippen LogP contribution in [-0.4, -0.2) is 30.6 Å². The molecule has 2 amide bonds. The van der Waals surface area contributed by atoms with Crippen molar-refractivity contribution in [2.24, 2.45) is 0 Å². The molecule has 1 aliphatic rings. The van der Waals surface area contributed by atoms with Crippen LogP contribution in [0.25, 0.3) is 6.08 Å². The molecule has 148 valence electrons. The normalized spacial score (nSPS) is 15.3. The van der Waals surface area contributed by atoms with Crippen LogP contribution in [0.4, 0.5) is 5.69 Å². The number of para-hydroxylation sites is 1. The smallest absolute Gasteiger partial charge is 0.270 e. The Bertz CT molecular complexity index is 1020. The molecule has 0 aromatic heterocycles. The Kier molecular flexibility index (Phi) is 6.46. The number of benzene rings is 2. The monoisotopic (exact) mass is 472 g/mol. The zero-order valence-corrected chi connectivity index (χ0v) is 17.9. The quantitative estimate of drug-likeness (QED) is 0.299. The summed E-state index contributed by atoms with van der Waals surface area (Å²) in [6, 6.07) is 12.3. The van der Waals surface area contributed by atoms with Crippen LogP contribution in [0, 0.1) is 0 Å². The van der Waals surface area contributed by atoms with Gasteiger partial charge in [-0.1, -0.05) is 30.9 Å². The van der Waals surface area contributed by atoms with Crippen LogP contribution < -0.4 is 19.7 Å². The molecule has 1 N–H and O–H groups in total. The summed E-state index contributed by atoms with van der Waals surface area (Å²) < 4.78 is 11.6. The Labute approximate surface area is 181 Å². The molecule has 8 heteroatoms. The third-order valence-corrected chi connectivity index (χ3v) is 4.90. The van der Waals surface area contributed by atoms with Gasteiger partial charge in [0.2, 0.25) is 0 Å². The maximum atomic E-state index is 13.0. The Hall–Kier alpha value is -2.97. The van der Waals surface area contributed by atoms with E-state index in [4.69, 9.17) is 21.7 Å². The summed E-state index contributed by atoms with van der Waals surface area (Å²) >= 11 is 8.63. The molecular formula is C21H17BrN2O4S. The van der Waals surface area contributed by atoms with E-state index < -0.39 is 11.8 Å². The number of rotatable bonds is 6. The minimum atomic E-state index is -0.561. The van der Waals surface area contributed by atoms with Gasteiger partial charge in [0.1, 0.15) is 12.2 Å². The molecule has 0 radical (unpaired) electrons. The van der Waals surface area contributed by atoms with E-state index in [-0.39, 0.29) is 10.7 Å². The van der Waals surface area contributed by atoms with E-state index in [0.717, 1.165) is 0 Å². The maximum absolute atomic E-state index is 13.0. The summed E-state index contributed by atoms with van der Waals surface area (Å²) in [6.45, 7) is 3.93. The van der Waals surface area contributed by atoms with Crippen molar-refractivity contribution < 1.29 is 19.1 Å². The number of methoxy groups -OCH3 is 1. The highest BCUT2D eigenvalue weighted by Crippen LogP contribution is 2.37. The molecule has 3 rings (SSSR count). The van der Waals surface area contributed by atoms with E-state index in [1.807, 2.05) is 6.07 Å². The lowest BCUT2D eigenvalue weighted by atomic mass is 10.1. The van der Waals surface area contributed by atoms with Gasteiger partial charge in [-0.2, -0.15) is 0 Å². The predicted molar refractivity (Wildman–Crippen MR) is 119 cm³/mol. The summed E-state index contributed by atoms with van der Waals surface area (Å²) in [5.41, 5.74) is 1.11. The van der Waals surface area contributed by atoms with Crippen LogP contribution in [0.5, 0.6) is 11.5 Å². The molecule has 0 bridgehead atoms. The number of carbonyl (C=O) groups excluding carboxylic acids is 2. The zero-order valence-electron chi connectivity index (χ0n) is 15.5. The van der Waals surface area contributed by atoms with Crippen molar-refractivity contribution in [3.8, 4) is 11.5 Å². The molecule has 6 nitrogen and oxygen atoms in total. The summed E-state index contributed by atoms with van der Waals surface area (Å²) in [4.78, 5) is 26.8. The first-order valence-corrected chi connectivity index (χ1v) is 9.74. The average molecular weight is 473 g/mol. The number of halogens is 1. The highest BCUT2D eigenvalue weighted by molar-refractivity contribution is 9.10. The highest BCUT2D eigenvalue weighted by atomic mass is 79.9. The summed E-state index contributed by atoms with van der Waals surface area (Å²) in [5.74, 6) is -0.116. The van der Waals surface area contributed by atoms with Gasteiger partial charge >= 0.3 is 0 Å². The Morgan fingerprint density at radius 1 is 1.24 bits per heavy atom. The third-order valence-electron chi connectivity index (χ3n) is 4.02. The fourth-order valence-electron chi connectivity index (χ4n) is 2.74. The van der Waals surface area contributed by atoms with E-state index in [9.17, 15) is 9.59 Å². The van der Waals surface area contributed by atoms with Gasteiger partial charge in [0, 0.05) is 0 Å². The van der Waals surface area contributed by atoms with E-state index in [2.05, 4.69) is 27.8 Å². The Balaban J connectivity index is 2.01. The molecule has 1 heterocycles. The first-order valence-electron chi connectivity index (χ1n) is 8.54.